The van der Waals surface area contributed by atoms with Crippen molar-refractivity contribution in [3.63, 3.8) is 0 Å². The summed E-state index contributed by atoms with van der Waals surface area (Å²) in [4.78, 5) is 27.4. The van der Waals surface area contributed by atoms with E-state index >= 15 is 0 Å². The van der Waals surface area contributed by atoms with Crippen LogP contribution in [0.1, 0.15) is 54.0 Å². The van der Waals surface area contributed by atoms with E-state index in [-0.39, 0.29) is 50.2 Å². The van der Waals surface area contributed by atoms with E-state index < -0.39 is 21.8 Å². The Kier molecular flexibility index (Phi) is 6.44. The number of nitrogens with one attached hydrogen (secondary N) is 1. The van der Waals surface area contributed by atoms with Gasteiger partial charge in [-0.25, -0.2) is 13.3 Å². The number of nitrogens with zero attached hydrogens (tertiary/aromatic N) is 2. The second-order valence-electron chi connectivity index (χ2n) is 9.19. The molecule has 1 aliphatic heterocycles. The quantitative estimate of drug-likeness (QED) is 0.289. The van der Waals surface area contributed by atoms with E-state index in [1.165, 1.54) is 30.3 Å². The molecule has 0 saturated heterocycles. The lowest BCUT2D eigenvalue weighted by Crippen LogP contribution is -2.33. The molecule has 4 rings (SSSR count). The second-order valence-corrected chi connectivity index (χ2v) is 11.3. The van der Waals surface area contributed by atoms with Crippen LogP contribution in [0, 0.1) is 5.21 Å². The SMILES string of the molecule is CCOc1cc(N2C(=O)c3c(Cl)ccc(NS(=O)(=O)c4ccc(C(C)(C)C)cc4)c3C2=O)c[n+]([O-])c1. The number of imide groups is 1. The fourth-order valence-corrected chi connectivity index (χ4v) is 5.17. The van der Waals surface area contributed by atoms with Crippen LogP contribution in [0.5, 0.6) is 5.75 Å². The number of halogens is 1. The van der Waals surface area contributed by atoms with E-state index in [9.17, 15) is 23.2 Å². The van der Waals surface area contributed by atoms with Crippen LogP contribution in [0.25, 0.3) is 0 Å². The van der Waals surface area contributed by atoms with E-state index in [0.717, 1.165) is 22.9 Å². The van der Waals surface area contributed by atoms with Crippen molar-refractivity contribution < 1.29 is 27.5 Å². The molecule has 1 aliphatic rings. The molecule has 1 N–H and O–H groups in total. The second kappa shape index (κ2) is 9.11. The van der Waals surface area contributed by atoms with Crippen LogP contribution in [0.4, 0.5) is 11.4 Å². The van der Waals surface area contributed by atoms with Gasteiger partial charge in [-0.15, -0.1) is 0 Å². The lowest BCUT2D eigenvalue weighted by atomic mass is 9.87. The molecule has 0 spiro atoms. The lowest BCUT2D eigenvalue weighted by Gasteiger charge is -2.19. The first-order valence-corrected chi connectivity index (χ1v) is 12.9. The highest BCUT2D eigenvalue weighted by Crippen LogP contribution is 2.38. The Morgan fingerprint density at radius 1 is 1.03 bits per heavy atom. The normalized spacial score (nSPS) is 13.6. The van der Waals surface area contributed by atoms with Gasteiger partial charge >= 0.3 is 0 Å². The van der Waals surface area contributed by atoms with Crippen molar-refractivity contribution in [3.8, 4) is 5.75 Å². The summed E-state index contributed by atoms with van der Waals surface area (Å²) in [5, 5.41) is 12.0. The Morgan fingerprint density at radius 2 is 1.67 bits per heavy atom. The molecular weight excluding hydrogens is 506 g/mol. The van der Waals surface area contributed by atoms with Crippen molar-refractivity contribution in [2.24, 2.45) is 0 Å². The summed E-state index contributed by atoms with van der Waals surface area (Å²) < 4.78 is 34.4. The fourth-order valence-electron chi connectivity index (χ4n) is 3.86. The van der Waals surface area contributed by atoms with Crippen LogP contribution in [0.2, 0.25) is 5.02 Å². The number of sulfonamides is 1. The monoisotopic (exact) mass is 529 g/mol. The number of hydrogen-bond acceptors (Lipinski definition) is 6. The zero-order valence-electron chi connectivity index (χ0n) is 20.0. The largest absolute Gasteiger partial charge is 0.619 e. The predicted molar refractivity (Wildman–Crippen MR) is 135 cm³/mol. The van der Waals surface area contributed by atoms with Gasteiger partial charge in [0.25, 0.3) is 21.8 Å². The van der Waals surface area contributed by atoms with E-state index in [4.69, 9.17) is 16.3 Å². The fraction of sp³-hybridized carbons (Fsp3) is 0.240. The molecule has 1 aromatic heterocycles. The maximum atomic E-state index is 13.4. The Hall–Kier alpha value is -3.63. The van der Waals surface area contributed by atoms with E-state index in [1.807, 2.05) is 20.8 Å². The van der Waals surface area contributed by atoms with Gasteiger partial charge in [0.15, 0.2) is 5.75 Å². The molecule has 0 bridgehead atoms. The Labute approximate surface area is 213 Å². The summed E-state index contributed by atoms with van der Waals surface area (Å²) >= 11 is 6.25. The van der Waals surface area contributed by atoms with E-state index in [2.05, 4.69) is 4.72 Å². The first-order chi connectivity index (χ1) is 16.8. The molecule has 0 radical (unpaired) electrons. The van der Waals surface area contributed by atoms with Gasteiger partial charge in [-0.1, -0.05) is 44.5 Å². The van der Waals surface area contributed by atoms with E-state index in [1.54, 1.807) is 19.1 Å². The van der Waals surface area contributed by atoms with Crippen LogP contribution in [-0.4, -0.2) is 26.8 Å². The summed E-state index contributed by atoms with van der Waals surface area (Å²) in [6.07, 6.45) is 2.20. The molecule has 2 heterocycles. The highest BCUT2D eigenvalue weighted by atomic mass is 35.5. The first kappa shape index (κ1) is 25.5. The standard InChI is InChI=1S/C25H24ClN3O6S/c1-5-35-17-12-16(13-28(32)14-17)29-23(30)21-19(26)10-11-20(22(21)24(29)31)27-36(33,34)18-8-6-15(7-9-18)25(2,3)4/h6-14,27H,5H2,1-4H3. The number of rotatable bonds is 6. The molecule has 2 amide bonds. The number of ether oxygens (including phenoxy) is 1. The number of carbonyl (C=O) groups is 2. The van der Waals surface area contributed by atoms with Crippen molar-refractivity contribution in [3.05, 3.63) is 81.8 Å². The lowest BCUT2D eigenvalue weighted by molar-refractivity contribution is -0.605. The maximum Gasteiger partial charge on any atom is 0.268 e. The van der Waals surface area contributed by atoms with Crippen LogP contribution in [-0.2, 0) is 15.4 Å². The van der Waals surface area contributed by atoms with Gasteiger partial charge in [0, 0.05) is 6.07 Å². The molecule has 36 heavy (non-hydrogen) atoms. The van der Waals surface area contributed by atoms with Crippen LogP contribution in [0.3, 0.4) is 0 Å². The van der Waals surface area contributed by atoms with Crippen molar-refractivity contribution in [1.82, 2.24) is 0 Å². The van der Waals surface area contributed by atoms with Crippen molar-refractivity contribution in [1.29, 1.82) is 0 Å². The number of aromatic nitrogens is 1. The smallest absolute Gasteiger partial charge is 0.268 e. The third-order valence-electron chi connectivity index (χ3n) is 5.64. The molecule has 3 aromatic rings. The highest BCUT2D eigenvalue weighted by molar-refractivity contribution is 7.92. The number of anilines is 2. The van der Waals surface area contributed by atoms with Gasteiger partial charge in [0.1, 0.15) is 5.69 Å². The number of hydrogen-bond donors (Lipinski definition) is 1. The zero-order chi connectivity index (χ0) is 26.4. The molecule has 0 saturated carbocycles. The average molecular weight is 530 g/mol. The van der Waals surface area contributed by atoms with Gasteiger partial charge in [-0.3, -0.25) is 14.3 Å². The summed E-state index contributed by atoms with van der Waals surface area (Å²) in [5.41, 5.74) is 0.280. The summed E-state index contributed by atoms with van der Waals surface area (Å²) in [6.45, 7) is 8.02. The molecule has 0 atom stereocenters. The molecule has 188 valence electrons. The van der Waals surface area contributed by atoms with Crippen molar-refractivity contribution in [2.75, 3.05) is 16.2 Å². The third-order valence-corrected chi connectivity index (χ3v) is 7.33. The predicted octanol–water partition coefficient (Wildman–Crippen LogP) is 4.27. The first-order valence-electron chi connectivity index (χ1n) is 11.0. The number of pyridine rings is 1. The molecule has 0 unspecified atom stereocenters. The topological polar surface area (TPSA) is 120 Å². The molecule has 11 heteroatoms. The Bertz CT molecular complexity index is 1480. The summed E-state index contributed by atoms with van der Waals surface area (Å²) in [7, 11) is -4.10. The Morgan fingerprint density at radius 3 is 2.28 bits per heavy atom. The van der Waals surface area contributed by atoms with Gasteiger partial charge < -0.3 is 9.94 Å². The zero-order valence-corrected chi connectivity index (χ0v) is 21.6. The van der Waals surface area contributed by atoms with Crippen molar-refractivity contribution >= 4 is 44.8 Å². The number of benzene rings is 2. The molecule has 2 aromatic carbocycles. The third kappa shape index (κ3) is 4.61. The van der Waals surface area contributed by atoms with Gasteiger partial charge in [0.05, 0.1) is 33.3 Å². The van der Waals surface area contributed by atoms with Gasteiger partial charge in [-0.05, 0) is 42.2 Å². The van der Waals surface area contributed by atoms with Crippen molar-refractivity contribution in [2.45, 2.75) is 38.0 Å². The van der Waals surface area contributed by atoms with Gasteiger partial charge in [0.2, 0.25) is 12.4 Å². The molecule has 0 aliphatic carbocycles. The van der Waals surface area contributed by atoms with Crippen LogP contribution in [0.15, 0.2) is 59.8 Å². The summed E-state index contributed by atoms with van der Waals surface area (Å²) in [5.74, 6) is -1.46. The van der Waals surface area contributed by atoms with Crippen LogP contribution < -0.4 is 19.1 Å². The molecule has 9 nitrogen and oxygen atoms in total. The maximum absolute atomic E-state index is 13.4. The average Bonchev–Trinajstić information content (AvgIpc) is 3.06. The minimum absolute atomic E-state index is 0.00959. The van der Waals surface area contributed by atoms with Gasteiger partial charge in [-0.2, -0.15) is 4.73 Å². The Balaban J connectivity index is 1.74. The minimum atomic E-state index is -4.10. The highest BCUT2D eigenvalue weighted by Gasteiger charge is 2.42. The summed E-state index contributed by atoms with van der Waals surface area (Å²) in [6, 6.07) is 10.4. The number of fused-ring (bicyclic) bond motifs is 1. The number of amides is 2. The minimum Gasteiger partial charge on any atom is -0.619 e. The molecular formula is C25H24ClN3O6S. The number of carbonyl (C=O) groups excluding carboxylic acids is 2. The van der Waals surface area contributed by atoms with Crippen LogP contribution >= 0.6 is 11.6 Å². The van der Waals surface area contributed by atoms with E-state index in [0.29, 0.717) is 4.73 Å². The molecule has 0 fully saturated rings.